The zero-order valence-corrected chi connectivity index (χ0v) is 14.1. The summed E-state index contributed by atoms with van der Waals surface area (Å²) in [5.74, 6) is 0. The summed E-state index contributed by atoms with van der Waals surface area (Å²) in [5.41, 5.74) is 5.21. The normalized spacial score (nSPS) is 13.0. The van der Waals surface area contributed by atoms with Gasteiger partial charge in [-0.2, -0.15) is 5.10 Å². The Hall–Kier alpha value is -2.25. The molecule has 23 heavy (non-hydrogen) atoms. The first-order valence-electron chi connectivity index (χ1n) is 7.05. The predicted octanol–water partition coefficient (Wildman–Crippen LogP) is 2.59. The molecule has 0 amide bonds. The standard InChI is InChI=1S/C16H20N4O2S/c1-16(2,3)15(12-5-4-10-18-11-12)20-19-13-6-8-14(9-7-13)23(17,21)22/h4-11,19H,1-3H3,(H2,17,21,22). The maximum absolute atomic E-state index is 11.2. The third kappa shape index (κ3) is 4.61. The molecule has 0 atom stereocenters. The van der Waals surface area contributed by atoms with Crippen molar-refractivity contribution in [1.82, 2.24) is 4.98 Å². The van der Waals surface area contributed by atoms with E-state index in [0.717, 1.165) is 11.3 Å². The zero-order valence-electron chi connectivity index (χ0n) is 13.3. The quantitative estimate of drug-likeness (QED) is 0.664. The van der Waals surface area contributed by atoms with E-state index in [1.165, 1.54) is 12.1 Å². The number of nitrogens with two attached hydrogens (primary N) is 1. The van der Waals surface area contributed by atoms with Crippen molar-refractivity contribution >= 4 is 21.4 Å². The van der Waals surface area contributed by atoms with Crippen LogP contribution in [0.25, 0.3) is 0 Å². The molecule has 0 aliphatic heterocycles. The number of nitrogens with zero attached hydrogens (tertiary/aromatic N) is 2. The fourth-order valence-electron chi connectivity index (χ4n) is 2.01. The molecule has 7 heteroatoms. The Morgan fingerprint density at radius 1 is 1.17 bits per heavy atom. The van der Waals surface area contributed by atoms with Gasteiger partial charge in [-0.15, -0.1) is 0 Å². The lowest BCUT2D eigenvalue weighted by Crippen LogP contribution is -2.23. The summed E-state index contributed by atoms with van der Waals surface area (Å²) < 4.78 is 22.5. The molecule has 0 saturated heterocycles. The van der Waals surface area contributed by atoms with Crippen LogP contribution in [0.3, 0.4) is 0 Å². The minimum atomic E-state index is -3.69. The van der Waals surface area contributed by atoms with Crippen molar-refractivity contribution in [1.29, 1.82) is 0 Å². The van der Waals surface area contributed by atoms with Gasteiger partial charge in [0, 0.05) is 23.4 Å². The monoisotopic (exact) mass is 332 g/mol. The van der Waals surface area contributed by atoms with Crippen LogP contribution in [0.2, 0.25) is 0 Å². The van der Waals surface area contributed by atoms with Gasteiger partial charge in [-0.05, 0) is 36.4 Å². The topological polar surface area (TPSA) is 97.4 Å². The second-order valence-corrected chi connectivity index (χ2v) is 7.69. The van der Waals surface area contributed by atoms with Gasteiger partial charge in [-0.3, -0.25) is 10.4 Å². The molecule has 2 rings (SSSR count). The molecule has 2 aromatic rings. The fraction of sp³-hybridized carbons (Fsp3) is 0.250. The van der Waals surface area contributed by atoms with Crippen molar-refractivity contribution in [2.45, 2.75) is 25.7 Å². The molecular weight excluding hydrogens is 312 g/mol. The summed E-state index contributed by atoms with van der Waals surface area (Å²) >= 11 is 0. The van der Waals surface area contributed by atoms with E-state index in [-0.39, 0.29) is 10.3 Å². The number of aromatic nitrogens is 1. The lowest BCUT2D eigenvalue weighted by atomic mass is 9.86. The number of anilines is 1. The smallest absolute Gasteiger partial charge is 0.238 e. The van der Waals surface area contributed by atoms with Crippen LogP contribution >= 0.6 is 0 Å². The number of benzene rings is 1. The van der Waals surface area contributed by atoms with Gasteiger partial charge in [-0.25, -0.2) is 13.6 Å². The van der Waals surface area contributed by atoms with E-state index in [1.807, 2.05) is 12.1 Å². The number of nitrogens with one attached hydrogen (secondary N) is 1. The molecule has 0 aliphatic rings. The number of primary sulfonamides is 1. The minimum Gasteiger partial charge on any atom is -0.278 e. The summed E-state index contributed by atoms with van der Waals surface area (Å²) in [6.07, 6.45) is 3.47. The molecule has 1 heterocycles. The summed E-state index contributed by atoms with van der Waals surface area (Å²) in [5, 5.41) is 9.55. The highest BCUT2D eigenvalue weighted by Crippen LogP contribution is 2.22. The predicted molar refractivity (Wildman–Crippen MR) is 91.7 cm³/mol. The number of rotatable bonds is 4. The lowest BCUT2D eigenvalue weighted by Gasteiger charge is -2.21. The van der Waals surface area contributed by atoms with Gasteiger partial charge in [0.2, 0.25) is 10.0 Å². The SMILES string of the molecule is CC(C)(C)C(=NNc1ccc(S(N)(=O)=O)cc1)c1cccnc1. The molecule has 0 unspecified atom stereocenters. The van der Waals surface area contributed by atoms with Crippen molar-refractivity contribution in [3.05, 3.63) is 54.4 Å². The third-order valence-electron chi connectivity index (χ3n) is 3.13. The van der Waals surface area contributed by atoms with Gasteiger partial charge >= 0.3 is 0 Å². The molecule has 3 N–H and O–H groups in total. The third-order valence-corrected chi connectivity index (χ3v) is 4.05. The van der Waals surface area contributed by atoms with E-state index in [0.29, 0.717) is 5.69 Å². The first-order valence-corrected chi connectivity index (χ1v) is 8.60. The number of sulfonamides is 1. The fourth-order valence-corrected chi connectivity index (χ4v) is 2.52. The van der Waals surface area contributed by atoms with Gasteiger partial charge < -0.3 is 0 Å². The molecule has 1 aromatic carbocycles. The van der Waals surface area contributed by atoms with E-state index in [9.17, 15) is 8.42 Å². The average molecular weight is 332 g/mol. The van der Waals surface area contributed by atoms with Gasteiger partial charge in [0.25, 0.3) is 0 Å². The molecular formula is C16H20N4O2S. The van der Waals surface area contributed by atoms with Crippen LogP contribution < -0.4 is 10.6 Å². The Morgan fingerprint density at radius 2 is 1.83 bits per heavy atom. The molecule has 1 aromatic heterocycles. The van der Waals surface area contributed by atoms with Crippen LogP contribution in [0.15, 0.2) is 58.8 Å². The molecule has 0 bridgehead atoms. The largest absolute Gasteiger partial charge is 0.278 e. The lowest BCUT2D eigenvalue weighted by molar-refractivity contribution is 0.591. The summed E-state index contributed by atoms with van der Waals surface area (Å²) in [6.45, 7) is 6.18. The second-order valence-electron chi connectivity index (χ2n) is 6.13. The van der Waals surface area contributed by atoms with Crippen molar-refractivity contribution in [2.24, 2.45) is 15.7 Å². The zero-order chi connectivity index (χ0) is 17.1. The van der Waals surface area contributed by atoms with Crippen molar-refractivity contribution in [3.8, 4) is 0 Å². The van der Waals surface area contributed by atoms with E-state index in [4.69, 9.17) is 5.14 Å². The highest BCUT2D eigenvalue weighted by molar-refractivity contribution is 7.89. The Morgan fingerprint density at radius 3 is 2.30 bits per heavy atom. The first kappa shape index (κ1) is 17.1. The number of hydrogen-bond donors (Lipinski definition) is 2. The van der Waals surface area contributed by atoms with Gasteiger partial charge in [0.15, 0.2) is 0 Å². The molecule has 0 radical (unpaired) electrons. The second kappa shape index (κ2) is 6.47. The molecule has 6 nitrogen and oxygen atoms in total. The summed E-state index contributed by atoms with van der Waals surface area (Å²) in [7, 11) is -3.69. The number of hydrogen-bond acceptors (Lipinski definition) is 5. The van der Waals surface area contributed by atoms with Crippen molar-refractivity contribution in [3.63, 3.8) is 0 Å². The molecule has 0 saturated carbocycles. The summed E-state index contributed by atoms with van der Waals surface area (Å²) in [4.78, 5) is 4.19. The Kier molecular flexibility index (Phi) is 4.82. The van der Waals surface area contributed by atoms with Crippen molar-refractivity contribution in [2.75, 3.05) is 5.43 Å². The highest BCUT2D eigenvalue weighted by atomic mass is 32.2. The van der Waals surface area contributed by atoms with E-state index < -0.39 is 10.0 Å². The summed E-state index contributed by atoms with van der Waals surface area (Å²) in [6, 6.07) is 9.92. The highest BCUT2D eigenvalue weighted by Gasteiger charge is 2.21. The molecule has 0 spiro atoms. The van der Waals surface area contributed by atoms with Gasteiger partial charge in [0.05, 0.1) is 16.3 Å². The van der Waals surface area contributed by atoms with Gasteiger partial charge in [-0.1, -0.05) is 20.8 Å². The van der Waals surface area contributed by atoms with Crippen LogP contribution in [0.5, 0.6) is 0 Å². The minimum absolute atomic E-state index is 0.0651. The number of hydrazone groups is 1. The van der Waals surface area contributed by atoms with Crippen LogP contribution in [-0.4, -0.2) is 19.1 Å². The number of pyridine rings is 1. The van der Waals surface area contributed by atoms with E-state index >= 15 is 0 Å². The van der Waals surface area contributed by atoms with Crippen LogP contribution in [0.4, 0.5) is 5.69 Å². The average Bonchev–Trinajstić information content (AvgIpc) is 2.47. The Bertz CT molecular complexity index is 792. The first-order chi connectivity index (χ1) is 10.7. The van der Waals surface area contributed by atoms with Gasteiger partial charge in [0.1, 0.15) is 0 Å². The molecule has 0 fully saturated rings. The molecule has 0 aliphatic carbocycles. The molecule has 122 valence electrons. The van der Waals surface area contributed by atoms with E-state index in [1.54, 1.807) is 24.5 Å². The maximum atomic E-state index is 11.2. The Balaban J connectivity index is 2.28. The van der Waals surface area contributed by atoms with Crippen molar-refractivity contribution < 1.29 is 8.42 Å². The van der Waals surface area contributed by atoms with Crippen LogP contribution in [0, 0.1) is 5.41 Å². The van der Waals surface area contributed by atoms with Crippen LogP contribution in [0.1, 0.15) is 26.3 Å². The Labute approximate surface area is 136 Å². The van der Waals surface area contributed by atoms with Crippen LogP contribution in [-0.2, 0) is 10.0 Å². The maximum Gasteiger partial charge on any atom is 0.238 e. The van der Waals surface area contributed by atoms with E-state index in [2.05, 4.69) is 36.3 Å².